The van der Waals surface area contributed by atoms with Gasteiger partial charge in [-0.25, -0.2) is 5.10 Å². The zero-order valence-corrected chi connectivity index (χ0v) is 13.4. The maximum Gasteiger partial charge on any atom is 0.0845 e. The van der Waals surface area contributed by atoms with Crippen molar-refractivity contribution in [1.29, 1.82) is 0 Å². The first-order valence-corrected chi connectivity index (χ1v) is 5.66. The predicted molar refractivity (Wildman–Crippen MR) is 61.8 cm³/mol. The van der Waals surface area contributed by atoms with Crippen molar-refractivity contribution < 1.29 is 21.1 Å². The second-order valence-corrected chi connectivity index (χ2v) is 3.02. The Kier molecular flexibility index (Phi) is 8.59. The molecule has 0 atom stereocenters. The zero-order chi connectivity index (χ0) is 11.8. The molecule has 0 fully saturated rings. The third kappa shape index (κ3) is 5.26. The van der Waals surface area contributed by atoms with E-state index in [-0.39, 0.29) is 21.1 Å². The van der Waals surface area contributed by atoms with Crippen LogP contribution in [-0.4, -0.2) is 24.8 Å². The Hall–Kier alpha value is -0.962. The summed E-state index contributed by atoms with van der Waals surface area (Å²) in [4.78, 5) is 0. The van der Waals surface area contributed by atoms with E-state index in [1.54, 1.807) is 6.20 Å². The molecule has 2 heterocycles. The maximum atomic E-state index is 4.06. The van der Waals surface area contributed by atoms with E-state index in [0.29, 0.717) is 0 Å². The van der Waals surface area contributed by atoms with Gasteiger partial charge in [-0.15, -0.1) is 11.3 Å². The van der Waals surface area contributed by atoms with Gasteiger partial charge in [0.25, 0.3) is 0 Å². The van der Waals surface area contributed by atoms with Crippen LogP contribution in [0.2, 0.25) is 0 Å². The summed E-state index contributed by atoms with van der Waals surface area (Å²) in [5, 5.41) is 12.1. The summed E-state index contributed by atoms with van der Waals surface area (Å²) < 4.78 is 3.66. The molecule has 2 rings (SSSR count). The standard InChI is InChI=1S/C9H12N5.C2H6.W/c1-2-13-8-9(11-12-13)4-7-14-6-3-5-10-14;1-2;/h5-6,8H,2,4,7H2,1H3;1-2H3;/q-1;;. The average Bonchev–Trinajstić information content (AvgIpc) is 3.00. The van der Waals surface area contributed by atoms with Gasteiger partial charge in [0.05, 0.1) is 5.69 Å². The molecule has 0 amide bonds. The van der Waals surface area contributed by atoms with Gasteiger partial charge in [0.15, 0.2) is 0 Å². The summed E-state index contributed by atoms with van der Waals surface area (Å²) in [6.07, 6.45) is 6.30. The van der Waals surface area contributed by atoms with Crippen LogP contribution in [0.15, 0.2) is 18.6 Å². The van der Waals surface area contributed by atoms with Crippen LogP contribution < -0.4 is 0 Å². The minimum Gasteiger partial charge on any atom is -0.432 e. The molecule has 0 saturated heterocycles. The smallest absolute Gasteiger partial charge is 0.0845 e. The Morgan fingerprint density at radius 3 is 2.59 bits per heavy atom. The van der Waals surface area contributed by atoms with Crippen molar-refractivity contribution >= 4 is 0 Å². The molecule has 0 aliphatic heterocycles. The summed E-state index contributed by atoms with van der Waals surface area (Å²) in [6, 6.07) is 2.89. The molecule has 17 heavy (non-hydrogen) atoms. The van der Waals surface area contributed by atoms with Crippen LogP contribution in [0.1, 0.15) is 26.5 Å². The molecule has 94 valence electrons. The van der Waals surface area contributed by atoms with Crippen molar-refractivity contribution in [1.82, 2.24) is 24.8 Å². The van der Waals surface area contributed by atoms with Gasteiger partial charge < -0.3 is 10.7 Å². The van der Waals surface area contributed by atoms with Crippen molar-refractivity contribution in [2.24, 2.45) is 0 Å². The number of hydrogen-bond donors (Lipinski definition) is 0. The first-order chi connectivity index (χ1) is 7.88. The molecule has 0 unspecified atom stereocenters. The fourth-order valence-electron chi connectivity index (χ4n) is 1.22. The Morgan fingerprint density at radius 1 is 1.29 bits per heavy atom. The number of nitrogens with zero attached hydrogens (tertiary/aromatic N) is 5. The van der Waals surface area contributed by atoms with Crippen LogP contribution >= 0.6 is 0 Å². The normalized spacial score (nSPS) is 9.12. The third-order valence-corrected chi connectivity index (χ3v) is 2.01. The first kappa shape index (κ1) is 16.0. The SMILES string of the molecule is CC.CCn1cc(CCn2c[c-]cn2)nn1.[W]. The largest absolute Gasteiger partial charge is 0.432 e. The number of aromatic nitrogens is 5. The maximum absolute atomic E-state index is 4.06. The van der Waals surface area contributed by atoms with E-state index in [4.69, 9.17) is 0 Å². The molecule has 2 aromatic heterocycles. The summed E-state index contributed by atoms with van der Waals surface area (Å²) in [7, 11) is 0. The number of rotatable bonds is 4. The van der Waals surface area contributed by atoms with Crippen molar-refractivity contribution in [2.75, 3.05) is 0 Å². The van der Waals surface area contributed by atoms with Crippen LogP contribution in [0, 0.1) is 6.07 Å². The van der Waals surface area contributed by atoms with E-state index >= 15 is 0 Å². The van der Waals surface area contributed by atoms with Gasteiger partial charge in [-0.2, -0.15) is 6.20 Å². The van der Waals surface area contributed by atoms with E-state index in [2.05, 4.69) is 21.5 Å². The fourth-order valence-corrected chi connectivity index (χ4v) is 1.22. The van der Waals surface area contributed by atoms with E-state index in [9.17, 15) is 0 Å². The molecule has 0 aliphatic carbocycles. The van der Waals surface area contributed by atoms with Crippen LogP contribution in [0.4, 0.5) is 0 Å². The molecule has 0 aliphatic rings. The van der Waals surface area contributed by atoms with E-state index in [0.717, 1.165) is 25.2 Å². The van der Waals surface area contributed by atoms with Crippen molar-refractivity contribution in [3.05, 3.63) is 30.4 Å². The van der Waals surface area contributed by atoms with Crippen LogP contribution in [0.25, 0.3) is 0 Å². The van der Waals surface area contributed by atoms with Crippen molar-refractivity contribution in [3.63, 3.8) is 0 Å². The second kappa shape index (κ2) is 9.11. The molecule has 0 N–H and O–H groups in total. The van der Waals surface area contributed by atoms with Gasteiger partial charge in [-0.05, 0) is 6.92 Å². The molecular weight excluding hydrogens is 386 g/mol. The zero-order valence-electron chi connectivity index (χ0n) is 10.5. The Bertz CT molecular complexity index is 382. The van der Waals surface area contributed by atoms with Crippen LogP contribution in [-0.2, 0) is 40.6 Å². The second-order valence-electron chi connectivity index (χ2n) is 3.02. The molecule has 0 saturated carbocycles. The molecule has 0 bridgehead atoms. The minimum atomic E-state index is 0. The van der Waals surface area contributed by atoms with Crippen molar-refractivity contribution in [3.8, 4) is 0 Å². The van der Waals surface area contributed by atoms with E-state index in [1.807, 2.05) is 42.5 Å². The quantitative estimate of drug-likeness (QED) is 0.728. The average molecular weight is 404 g/mol. The molecule has 0 spiro atoms. The van der Waals surface area contributed by atoms with Gasteiger partial charge in [-0.1, -0.05) is 19.1 Å². The van der Waals surface area contributed by atoms with E-state index < -0.39 is 0 Å². The van der Waals surface area contributed by atoms with Gasteiger partial charge >= 0.3 is 0 Å². The monoisotopic (exact) mass is 404 g/mol. The fraction of sp³-hybridized carbons (Fsp3) is 0.545. The number of aryl methyl sites for hydroxylation is 3. The third-order valence-electron chi connectivity index (χ3n) is 2.01. The topological polar surface area (TPSA) is 48.5 Å². The molecular formula is C11H18N5W-. The van der Waals surface area contributed by atoms with Gasteiger partial charge in [-0.3, -0.25) is 4.68 Å². The predicted octanol–water partition coefficient (Wildman–Crippen LogP) is 1.56. The molecule has 2 aromatic rings. The number of hydrogen-bond acceptors (Lipinski definition) is 3. The Balaban J connectivity index is 0.000000811. The molecule has 0 radical (unpaired) electrons. The first-order valence-electron chi connectivity index (χ1n) is 5.66. The summed E-state index contributed by atoms with van der Waals surface area (Å²) >= 11 is 0. The molecule has 0 aromatic carbocycles. The van der Waals surface area contributed by atoms with Gasteiger partial charge in [0.1, 0.15) is 0 Å². The summed E-state index contributed by atoms with van der Waals surface area (Å²) in [6.45, 7) is 7.73. The minimum absolute atomic E-state index is 0. The molecule has 5 nitrogen and oxygen atoms in total. The summed E-state index contributed by atoms with van der Waals surface area (Å²) in [5.74, 6) is 0. The van der Waals surface area contributed by atoms with Crippen LogP contribution in [0.5, 0.6) is 0 Å². The summed E-state index contributed by atoms with van der Waals surface area (Å²) in [5.41, 5.74) is 1.00. The Labute approximate surface area is 116 Å². The van der Waals surface area contributed by atoms with Crippen molar-refractivity contribution in [2.45, 2.75) is 40.3 Å². The van der Waals surface area contributed by atoms with Gasteiger partial charge in [0.2, 0.25) is 0 Å². The molecule has 6 heteroatoms. The van der Waals surface area contributed by atoms with E-state index in [1.165, 1.54) is 0 Å². The Morgan fingerprint density at radius 2 is 2.06 bits per heavy atom. The van der Waals surface area contributed by atoms with Crippen LogP contribution in [0.3, 0.4) is 0 Å². The van der Waals surface area contributed by atoms with Gasteiger partial charge in [0, 0.05) is 46.8 Å².